The number of benzene rings is 2. The van der Waals surface area contributed by atoms with E-state index in [1.54, 1.807) is 12.1 Å². The Morgan fingerprint density at radius 1 is 0.958 bits per heavy atom. The zero-order valence-electron chi connectivity index (χ0n) is 12.9. The molecule has 0 saturated heterocycles. The van der Waals surface area contributed by atoms with E-state index in [1.165, 1.54) is 0 Å². The minimum absolute atomic E-state index is 0.0157. The van der Waals surface area contributed by atoms with E-state index in [9.17, 15) is 18.4 Å². The Hall–Kier alpha value is -2.41. The van der Waals surface area contributed by atoms with Crippen LogP contribution >= 0.6 is 11.8 Å². The first-order valence-corrected chi connectivity index (χ1v) is 8.28. The van der Waals surface area contributed by atoms with Gasteiger partial charge in [0.2, 0.25) is 11.8 Å². The summed E-state index contributed by atoms with van der Waals surface area (Å²) in [4.78, 5) is 23.5. The van der Waals surface area contributed by atoms with Gasteiger partial charge in [-0.25, -0.2) is 8.78 Å². The quantitative estimate of drug-likeness (QED) is 0.837. The number of halogens is 2. The third-order valence-electron chi connectivity index (χ3n) is 3.01. The molecule has 24 heavy (non-hydrogen) atoms. The Balaban J connectivity index is 1.73. The normalized spacial score (nSPS) is 10.3. The Bertz CT molecular complexity index is 736. The van der Waals surface area contributed by atoms with Gasteiger partial charge < -0.3 is 10.6 Å². The summed E-state index contributed by atoms with van der Waals surface area (Å²) in [7, 11) is 0. The van der Waals surface area contributed by atoms with E-state index in [-0.39, 0.29) is 23.1 Å². The zero-order chi connectivity index (χ0) is 17.5. The highest BCUT2D eigenvalue weighted by molar-refractivity contribution is 8.00. The van der Waals surface area contributed by atoms with Crippen molar-refractivity contribution in [3.05, 3.63) is 59.7 Å². The molecule has 2 amide bonds. The topological polar surface area (TPSA) is 58.2 Å². The first kappa shape index (κ1) is 17.9. The van der Waals surface area contributed by atoms with Crippen molar-refractivity contribution >= 4 is 35.0 Å². The molecular formula is C17H16F2N2O2S. The second-order valence-corrected chi connectivity index (χ2v) is 6.06. The Morgan fingerprint density at radius 2 is 1.58 bits per heavy atom. The average molecular weight is 350 g/mol. The molecule has 0 fully saturated rings. The van der Waals surface area contributed by atoms with E-state index >= 15 is 0 Å². The van der Waals surface area contributed by atoms with Crippen molar-refractivity contribution in [2.45, 2.75) is 6.92 Å². The van der Waals surface area contributed by atoms with Gasteiger partial charge in [0.05, 0.1) is 17.2 Å². The van der Waals surface area contributed by atoms with Crippen molar-refractivity contribution in [1.29, 1.82) is 0 Å². The van der Waals surface area contributed by atoms with Crippen LogP contribution in [-0.4, -0.2) is 23.3 Å². The molecule has 0 aromatic heterocycles. The van der Waals surface area contributed by atoms with Crippen molar-refractivity contribution in [2.75, 3.05) is 22.1 Å². The van der Waals surface area contributed by atoms with Gasteiger partial charge in [-0.3, -0.25) is 9.59 Å². The maximum absolute atomic E-state index is 13.4. The van der Waals surface area contributed by atoms with E-state index < -0.39 is 17.5 Å². The van der Waals surface area contributed by atoms with Crippen LogP contribution in [0.15, 0.2) is 42.5 Å². The van der Waals surface area contributed by atoms with E-state index in [0.29, 0.717) is 11.8 Å². The third kappa shape index (κ3) is 5.66. The highest BCUT2D eigenvalue weighted by Crippen LogP contribution is 2.15. The number of carbonyl (C=O) groups is 2. The van der Waals surface area contributed by atoms with Crippen molar-refractivity contribution in [2.24, 2.45) is 0 Å². The highest BCUT2D eigenvalue weighted by Gasteiger charge is 2.09. The van der Waals surface area contributed by atoms with Crippen LogP contribution < -0.4 is 10.6 Å². The highest BCUT2D eigenvalue weighted by atomic mass is 32.2. The van der Waals surface area contributed by atoms with E-state index in [0.717, 1.165) is 29.5 Å². The minimum atomic E-state index is -0.842. The van der Waals surface area contributed by atoms with Crippen molar-refractivity contribution in [3.8, 4) is 0 Å². The standard InChI is InChI=1S/C17H16F2N2O2S/c1-11-2-5-13(6-3-11)20-16(22)9-24-10-17(23)21-15-7-4-12(18)8-14(15)19/h2-8H,9-10H2,1H3,(H,20,22)(H,21,23). The third-order valence-corrected chi connectivity index (χ3v) is 3.94. The number of hydrogen-bond acceptors (Lipinski definition) is 3. The molecule has 0 unspecified atom stereocenters. The molecule has 0 radical (unpaired) electrons. The molecule has 0 aliphatic carbocycles. The summed E-state index contributed by atoms with van der Waals surface area (Å²) in [5, 5.41) is 5.05. The Kier molecular flexibility index (Phi) is 6.31. The molecule has 4 nitrogen and oxygen atoms in total. The van der Waals surface area contributed by atoms with Gasteiger partial charge in [-0.15, -0.1) is 11.8 Å². The molecule has 126 valence electrons. The molecule has 0 heterocycles. The van der Waals surface area contributed by atoms with Gasteiger partial charge in [0.25, 0.3) is 0 Å². The summed E-state index contributed by atoms with van der Waals surface area (Å²) in [5.74, 6) is -2.18. The zero-order valence-corrected chi connectivity index (χ0v) is 13.8. The van der Waals surface area contributed by atoms with Gasteiger partial charge in [0.1, 0.15) is 11.6 Å². The van der Waals surface area contributed by atoms with E-state index in [4.69, 9.17) is 0 Å². The predicted molar refractivity (Wildman–Crippen MR) is 92.1 cm³/mol. The number of nitrogens with one attached hydrogen (secondary N) is 2. The molecule has 2 N–H and O–H groups in total. The lowest BCUT2D eigenvalue weighted by molar-refractivity contribution is -0.114. The van der Waals surface area contributed by atoms with Crippen LogP contribution in [0.5, 0.6) is 0 Å². The Morgan fingerprint density at radius 3 is 2.21 bits per heavy atom. The van der Waals surface area contributed by atoms with Crippen LogP contribution in [0.1, 0.15) is 5.56 Å². The molecule has 2 aromatic rings. The number of rotatable bonds is 6. The molecule has 0 spiro atoms. The fourth-order valence-corrected chi connectivity index (χ4v) is 2.46. The summed E-state index contributed by atoms with van der Waals surface area (Å²) < 4.78 is 26.2. The number of thioether (sulfide) groups is 1. The summed E-state index contributed by atoms with van der Waals surface area (Å²) in [5.41, 5.74) is 1.68. The predicted octanol–water partition coefficient (Wildman–Crippen LogP) is 3.58. The molecule has 0 atom stereocenters. The van der Waals surface area contributed by atoms with Crippen LogP contribution in [0.25, 0.3) is 0 Å². The van der Waals surface area contributed by atoms with Crippen molar-refractivity contribution in [3.63, 3.8) is 0 Å². The number of amides is 2. The molecule has 2 aromatic carbocycles. The maximum atomic E-state index is 13.4. The largest absolute Gasteiger partial charge is 0.325 e. The molecule has 2 rings (SSSR count). The van der Waals surface area contributed by atoms with Crippen LogP contribution in [0.4, 0.5) is 20.2 Å². The SMILES string of the molecule is Cc1ccc(NC(=O)CSCC(=O)Nc2ccc(F)cc2F)cc1. The Labute approximate surface area is 142 Å². The molecule has 0 aliphatic rings. The molecule has 0 bridgehead atoms. The van der Waals surface area contributed by atoms with Gasteiger partial charge in [-0.2, -0.15) is 0 Å². The van der Waals surface area contributed by atoms with Gasteiger partial charge in [0, 0.05) is 11.8 Å². The molecule has 7 heteroatoms. The summed E-state index contributed by atoms with van der Waals surface area (Å²) >= 11 is 1.10. The fourth-order valence-electron chi connectivity index (χ4n) is 1.85. The number of anilines is 2. The van der Waals surface area contributed by atoms with Gasteiger partial charge in [-0.1, -0.05) is 17.7 Å². The average Bonchev–Trinajstić information content (AvgIpc) is 2.52. The van der Waals surface area contributed by atoms with Crippen molar-refractivity contribution in [1.82, 2.24) is 0 Å². The van der Waals surface area contributed by atoms with E-state index in [1.807, 2.05) is 19.1 Å². The lowest BCUT2D eigenvalue weighted by atomic mass is 10.2. The van der Waals surface area contributed by atoms with Gasteiger partial charge in [0.15, 0.2) is 0 Å². The van der Waals surface area contributed by atoms with Crippen LogP contribution in [-0.2, 0) is 9.59 Å². The number of hydrogen-bond donors (Lipinski definition) is 2. The van der Waals surface area contributed by atoms with Crippen LogP contribution in [0.3, 0.4) is 0 Å². The second kappa shape index (κ2) is 8.44. The minimum Gasteiger partial charge on any atom is -0.325 e. The fraction of sp³-hybridized carbons (Fsp3) is 0.176. The molecular weight excluding hydrogens is 334 g/mol. The number of carbonyl (C=O) groups excluding carboxylic acids is 2. The summed E-state index contributed by atoms with van der Waals surface area (Å²) in [6, 6.07) is 10.3. The van der Waals surface area contributed by atoms with Crippen LogP contribution in [0, 0.1) is 18.6 Å². The van der Waals surface area contributed by atoms with Crippen LogP contribution in [0.2, 0.25) is 0 Å². The lowest BCUT2D eigenvalue weighted by Gasteiger charge is -2.07. The second-order valence-electron chi connectivity index (χ2n) is 5.08. The first-order valence-electron chi connectivity index (χ1n) is 7.13. The lowest BCUT2D eigenvalue weighted by Crippen LogP contribution is -2.19. The monoisotopic (exact) mass is 350 g/mol. The number of aryl methyl sites for hydroxylation is 1. The van der Waals surface area contributed by atoms with Crippen molar-refractivity contribution < 1.29 is 18.4 Å². The van der Waals surface area contributed by atoms with Gasteiger partial charge >= 0.3 is 0 Å². The molecule has 0 aliphatic heterocycles. The maximum Gasteiger partial charge on any atom is 0.234 e. The summed E-state index contributed by atoms with van der Waals surface area (Å²) in [6.07, 6.45) is 0. The van der Waals surface area contributed by atoms with Gasteiger partial charge in [-0.05, 0) is 31.2 Å². The molecule has 0 saturated carbocycles. The summed E-state index contributed by atoms with van der Waals surface area (Å²) in [6.45, 7) is 1.95. The first-order chi connectivity index (χ1) is 11.4. The van der Waals surface area contributed by atoms with E-state index in [2.05, 4.69) is 10.6 Å². The smallest absolute Gasteiger partial charge is 0.234 e.